The summed E-state index contributed by atoms with van der Waals surface area (Å²) in [6.07, 6.45) is 4.13. The Bertz CT molecular complexity index is 375. The number of carbonyl (C=O) groups excluding carboxylic acids is 1. The van der Waals surface area contributed by atoms with Gasteiger partial charge in [-0.3, -0.25) is 4.79 Å². The van der Waals surface area contributed by atoms with E-state index in [0.29, 0.717) is 25.6 Å². The first-order chi connectivity index (χ1) is 9.34. The van der Waals surface area contributed by atoms with Crippen LogP contribution in [0.15, 0.2) is 30.3 Å². The number of ether oxygens (including phenoxy) is 1. The number of benzene rings is 1. The second-order valence-electron chi connectivity index (χ2n) is 4.86. The molecule has 2 N–H and O–H groups in total. The minimum absolute atomic E-state index is 0.107. The third-order valence-electron chi connectivity index (χ3n) is 3.28. The van der Waals surface area contributed by atoms with Crippen LogP contribution in [-0.4, -0.2) is 31.6 Å². The summed E-state index contributed by atoms with van der Waals surface area (Å²) in [6.45, 7) is 2.10. The minimum atomic E-state index is 0.107. The first kappa shape index (κ1) is 13.9. The van der Waals surface area contributed by atoms with Gasteiger partial charge in [0.05, 0.1) is 6.54 Å². The number of nitrogens with one attached hydrogen (secondary N) is 2. The highest BCUT2D eigenvalue weighted by Gasteiger charge is 2.15. The molecule has 19 heavy (non-hydrogen) atoms. The number of rotatable bonds is 6. The quantitative estimate of drug-likeness (QED) is 0.767. The molecule has 1 fully saturated rings. The molecule has 1 atom stereocenters. The molecule has 0 saturated carbocycles. The van der Waals surface area contributed by atoms with E-state index in [4.69, 9.17) is 4.74 Å². The average Bonchev–Trinajstić information content (AvgIpc) is 2.46. The molecule has 0 spiro atoms. The van der Waals surface area contributed by atoms with Gasteiger partial charge in [-0.1, -0.05) is 24.6 Å². The van der Waals surface area contributed by atoms with Crippen molar-refractivity contribution in [3.8, 4) is 5.75 Å². The fourth-order valence-electron chi connectivity index (χ4n) is 2.27. The van der Waals surface area contributed by atoms with Gasteiger partial charge in [0.25, 0.3) is 0 Å². The van der Waals surface area contributed by atoms with Crippen molar-refractivity contribution in [3.63, 3.8) is 0 Å². The van der Waals surface area contributed by atoms with Crippen LogP contribution in [-0.2, 0) is 4.79 Å². The summed E-state index contributed by atoms with van der Waals surface area (Å²) in [5.74, 6) is 0.946. The predicted octanol–water partition coefficient (Wildman–Crippen LogP) is 1.71. The SMILES string of the molecule is O=C(CC1CCCCN1)NCCOc1ccccc1. The number of hydrogen-bond acceptors (Lipinski definition) is 3. The molecule has 1 aromatic carbocycles. The van der Waals surface area contributed by atoms with E-state index in [2.05, 4.69) is 10.6 Å². The summed E-state index contributed by atoms with van der Waals surface area (Å²) >= 11 is 0. The molecule has 0 bridgehead atoms. The van der Waals surface area contributed by atoms with Gasteiger partial charge in [0.2, 0.25) is 5.91 Å². The van der Waals surface area contributed by atoms with Gasteiger partial charge in [-0.25, -0.2) is 0 Å². The number of carbonyl (C=O) groups is 1. The van der Waals surface area contributed by atoms with Crippen LogP contribution in [0.2, 0.25) is 0 Å². The Balaban J connectivity index is 1.56. The van der Waals surface area contributed by atoms with Crippen molar-refractivity contribution >= 4 is 5.91 Å². The van der Waals surface area contributed by atoms with Gasteiger partial charge in [-0.2, -0.15) is 0 Å². The fourth-order valence-corrected chi connectivity index (χ4v) is 2.27. The molecule has 0 radical (unpaired) electrons. The first-order valence-corrected chi connectivity index (χ1v) is 7.02. The molecule has 1 unspecified atom stereocenters. The Morgan fingerprint density at radius 1 is 1.32 bits per heavy atom. The Hall–Kier alpha value is -1.55. The van der Waals surface area contributed by atoms with E-state index in [0.717, 1.165) is 18.7 Å². The second-order valence-corrected chi connectivity index (χ2v) is 4.86. The maximum Gasteiger partial charge on any atom is 0.221 e. The summed E-state index contributed by atoms with van der Waals surface area (Å²) in [6, 6.07) is 9.99. The lowest BCUT2D eigenvalue weighted by molar-refractivity contribution is -0.121. The van der Waals surface area contributed by atoms with Gasteiger partial charge >= 0.3 is 0 Å². The van der Waals surface area contributed by atoms with Gasteiger partial charge in [-0.15, -0.1) is 0 Å². The van der Waals surface area contributed by atoms with Gasteiger partial charge in [0, 0.05) is 12.5 Å². The third-order valence-corrected chi connectivity index (χ3v) is 3.28. The topological polar surface area (TPSA) is 50.4 Å². The Morgan fingerprint density at radius 2 is 2.16 bits per heavy atom. The zero-order valence-electron chi connectivity index (χ0n) is 11.2. The molecule has 2 rings (SSSR count). The molecule has 1 amide bonds. The predicted molar refractivity (Wildman–Crippen MR) is 75.2 cm³/mol. The largest absolute Gasteiger partial charge is 0.492 e. The van der Waals surface area contributed by atoms with Crippen molar-refractivity contribution in [3.05, 3.63) is 30.3 Å². The molecule has 4 nitrogen and oxygen atoms in total. The van der Waals surface area contributed by atoms with Crippen molar-refractivity contribution in [2.24, 2.45) is 0 Å². The van der Waals surface area contributed by atoms with Crippen LogP contribution in [0.5, 0.6) is 5.75 Å². The zero-order valence-corrected chi connectivity index (χ0v) is 11.2. The monoisotopic (exact) mass is 262 g/mol. The Morgan fingerprint density at radius 3 is 2.89 bits per heavy atom. The van der Waals surface area contributed by atoms with Crippen molar-refractivity contribution in [1.82, 2.24) is 10.6 Å². The van der Waals surface area contributed by atoms with Gasteiger partial charge in [0.15, 0.2) is 0 Å². The van der Waals surface area contributed by atoms with Crippen molar-refractivity contribution in [2.45, 2.75) is 31.7 Å². The van der Waals surface area contributed by atoms with Crippen LogP contribution < -0.4 is 15.4 Å². The highest BCUT2D eigenvalue weighted by molar-refractivity contribution is 5.76. The molecule has 1 saturated heterocycles. The lowest BCUT2D eigenvalue weighted by Crippen LogP contribution is -2.39. The van der Waals surface area contributed by atoms with E-state index < -0.39 is 0 Å². The molecule has 0 aromatic heterocycles. The van der Waals surface area contributed by atoms with Crippen LogP contribution in [0.3, 0.4) is 0 Å². The summed E-state index contributed by atoms with van der Waals surface area (Å²) in [5, 5.41) is 6.27. The normalized spacial score (nSPS) is 18.8. The molecule has 104 valence electrons. The Labute approximate surface area is 114 Å². The summed E-state index contributed by atoms with van der Waals surface area (Å²) in [7, 11) is 0. The summed E-state index contributed by atoms with van der Waals surface area (Å²) < 4.78 is 5.52. The van der Waals surface area contributed by atoms with E-state index in [1.807, 2.05) is 30.3 Å². The molecule has 1 aliphatic rings. The highest BCUT2D eigenvalue weighted by Crippen LogP contribution is 2.10. The summed E-state index contributed by atoms with van der Waals surface area (Å²) in [4.78, 5) is 11.7. The van der Waals surface area contributed by atoms with E-state index in [1.54, 1.807) is 0 Å². The van der Waals surface area contributed by atoms with E-state index in [1.165, 1.54) is 12.8 Å². The van der Waals surface area contributed by atoms with Gasteiger partial charge in [-0.05, 0) is 31.5 Å². The van der Waals surface area contributed by atoms with Gasteiger partial charge in [0.1, 0.15) is 12.4 Å². The first-order valence-electron chi connectivity index (χ1n) is 7.02. The molecule has 1 aromatic rings. The third kappa shape index (κ3) is 5.30. The second kappa shape index (κ2) is 7.79. The molecular weight excluding hydrogens is 240 g/mol. The van der Waals surface area contributed by atoms with Gasteiger partial charge < -0.3 is 15.4 Å². The number of amides is 1. The van der Waals surface area contributed by atoms with Crippen LogP contribution in [0.4, 0.5) is 0 Å². The van der Waals surface area contributed by atoms with E-state index in [-0.39, 0.29) is 5.91 Å². The lowest BCUT2D eigenvalue weighted by Gasteiger charge is -2.22. The zero-order chi connectivity index (χ0) is 13.3. The van der Waals surface area contributed by atoms with Crippen LogP contribution in [0, 0.1) is 0 Å². The van der Waals surface area contributed by atoms with E-state index >= 15 is 0 Å². The fraction of sp³-hybridized carbons (Fsp3) is 0.533. The average molecular weight is 262 g/mol. The van der Waals surface area contributed by atoms with Crippen LogP contribution in [0.25, 0.3) is 0 Å². The minimum Gasteiger partial charge on any atom is -0.492 e. The van der Waals surface area contributed by atoms with Crippen molar-refractivity contribution in [1.29, 1.82) is 0 Å². The van der Waals surface area contributed by atoms with Crippen LogP contribution >= 0.6 is 0 Å². The number of para-hydroxylation sites is 1. The highest BCUT2D eigenvalue weighted by atomic mass is 16.5. The maximum atomic E-state index is 11.7. The molecule has 1 heterocycles. The Kier molecular flexibility index (Phi) is 5.69. The van der Waals surface area contributed by atoms with Crippen LogP contribution in [0.1, 0.15) is 25.7 Å². The van der Waals surface area contributed by atoms with E-state index in [9.17, 15) is 4.79 Å². The lowest BCUT2D eigenvalue weighted by atomic mass is 10.0. The molecular formula is C15H22N2O2. The summed E-state index contributed by atoms with van der Waals surface area (Å²) in [5.41, 5.74) is 0. The molecule has 1 aliphatic heterocycles. The smallest absolute Gasteiger partial charge is 0.221 e. The van der Waals surface area contributed by atoms with Crippen molar-refractivity contribution < 1.29 is 9.53 Å². The van der Waals surface area contributed by atoms with Crippen molar-refractivity contribution in [2.75, 3.05) is 19.7 Å². The number of piperidine rings is 1. The maximum absolute atomic E-state index is 11.7. The molecule has 4 heteroatoms. The number of hydrogen-bond donors (Lipinski definition) is 2. The standard InChI is InChI=1S/C15H22N2O2/c18-15(12-13-6-4-5-9-16-13)17-10-11-19-14-7-2-1-3-8-14/h1-3,7-8,13,16H,4-6,9-12H2,(H,17,18). The molecule has 0 aliphatic carbocycles.